The van der Waals surface area contributed by atoms with E-state index in [0.717, 1.165) is 0 Å². The van der Waals surface area contributed by atoms with Gasteiger partial charge in [-0.2, -0.15) is 0 Å². The van der Waals surface area contributed by atoms with Gasteiger partial charge in [0.25, 0.3) is 0 Å². The van der Waals surface area contributed by atoms with Gasteiger partial charge < -0.3 is 0 Å². The Morgan fingerprint density at radius 1 is 1.23 bits per heavy atom. The Hall–Kier alpha value is -0.300. The molecule has 0 spiro atoms. The van der Waals surface area contributed by atoms with Gasteiger partial charge in [0.15, 0.2) is 0 Å². The van der Waals surface area contributed by atoms with Crippen molar-refractivity contribution in [2.75, 3.05) is 14.2 Å². The Balaban J connectivity index is 3.13. The molecule has 5 heteroatoms. The van der Waals surface area contributed by atoms with Gasteiger partial charge in [0.05, 0.1) is 0 Å². The number of hydrogen-bond donors (Lipinski definition) is 0. The Labute approximate surface area is 87.4 Å². The van der Waals surface area contributed by atoms with Crippen molar-refractivity contribution in [3.05, 3.63) is 18.2 Å². The molecule has 0 fully saturated rings. The molecule has 0 amide bonds. The summed E-state index contributed by atoms with van der Waals surface area (Å²) in [5.74, 6) is 1.17. The van der Waals surface area contributed by atoms with E-state index in [-0.39, 0.29) is 0 Å². The van der Waals surface area contributed by atoms with Crippen LogP contribution in [0.4, 0.5) is 0 Å². The first-order valence-corrected chi connectivity index (χ1v) is 8.56. The fraction of sp³-hybridized carbons (Fsp3) is 0.250. The standard InChI is InChI=1S/C8H9ClO3Te/c1-11-7-4-3-6(13(9)10)5-8(7)12-2/h3-5H,1-2H3. The molecule has 1 aromatic rings. The molecule has 0 aliphatic rings. The maximum atomic E-state index is 11.0. The fourth-order valence-electron chi connectivity index (χ4n) is 0.916. The number of hydrogen-bond acceptors (Lipinski definition) is 3. The summed E-state index contributed by atoms with van der Waals surface area (Å²) < 4.78 is 21.7. The van der Waals surface area contributed by atoms with Crippen molar-refractivity contribution in [2.24, 2.45) is 0 Å². The van der Waals surface area contributed by atoms with Crippen molar-refractivity contribution in [3.63, 3.8) is 0 Å². The van der Waals surface area contributed by atoms with E-state index >= 15 is 0 Å². The zero-order chi connectivity index (χ0) is 9.84. The van der Waals surface area contributed by atoms with Crippen LogP contribution in [-0.4, -0.2) is 32.6 Å². The normalized spacial score (nSPS) is 10.2. The van der Waals surface area contributed by atoms with Crippen LogP contribution in [0.1, 0.15) is 0 Å². The van der Waals surface area contributed by atoms with Crippen molar-refractivity contribution in [3.8, 4) is 11.5 Å². The molecule has 0 aromatic heterocycles. The summed E-state index contributed by atoms with van der Waals surface area (Å²) in [7, 11) is 8.62. The second kappa shape index (κ2) is 4.80. The van der Waals surface area contributed by atoms with E-state index in [1.165, 1.54) is 7.11 Å². The fourth-order valence-corrected chi connectivity index (χ4v) is 2.63. The van der Waals surface area contributed by atoms with Gasteiger partial charge in [-0.3, -0.25) is 0 Å². The molecule has 0 N–H and O–H groups in total. The van der Waals surface area contributed by atoms with Gasteiger partial charge in [-0.25, -0.2) is 0 Å². The van der Waals surface area contributed by atoms with Crippen LogP contribution in [0.15, 0.2) is 18.2 Å². The summed E-state index contributed by atoms with van der Waals surface area (Å²) in [5.41, 5.74) is 0. The molecule has 0 saturated carbocycles. The molecule has 0 bridgehead atoms. The van der Waals surface area contributed by atoms with Gasteiger partial charge in [-0.15, -0.1) is 0 Å². The summed E-state index contributed by atoms with van der Waals surface area (Å²) in [4.78, 5) is 0. The molecule has 0 saturated heterocycles. The molecule has 0 unspecified atom stereocenters. The van der Waals surface area contributed by atoms with Crippen LogP contribution < -0.4 is 13.1 Å². The Kier molecular flexibility index (Phi) is 3.98. The molecular formula is C8H9ClO3Te. The average molecular weight is 316 g/mol. The van der Waals surface area contributed by atoms with Crippen LogP contribution in [0.3, 0.4) is 0 Å². The number of methoxy groups -OCH3 is 2. The van der Waals surface area contributed by atoms with Crippen LogP contribution in [0.2, 0.25) is 0 Å². The predicted octanol–water partition coefficient (Wildman–Crippen LogP) is 1.07. The second-order valence-corrected chi connectivity index (χ2v) is 6.74. The maximum absolute atomic E-state index is 11.0. The molecule has 0 aliphatic heterocycles. The molecular weight excluding hydrogens is 307 g/mol. The third-order valence-corrected chi connectivity index (χ3v) is 4.52. The van der Waals surface area contributed by atoms with Crippen molar-refractivity contribution in [1.82, 2.24) is 0 Å². The minimum absolute atomic E-state index is 0.558. The van der Waals surface area contributed by atoms with Gasteiger partial charge in [0, 0.05) is 0 Å². The summed E-state index contributed by atoms with van der Waals surface area (Å²) in [6.45, 7) is 0. The molecule has 0 radical (unpaired) electrons. The van der Waals surface area contributed by atoms with Crippen molar-refractivity contribution in [1.29, 1.82) is 0 Å². The van der Waals surface area contributed by atoms with Crippen LogP contribution >= 0.6 is 8.96 Å². The molecule has 13 heavy (non-hydrogen) atoms. The average Bonchev–Trinajstić information content (AvgIpc) is 2.16. The Bertz CT molecular complexity index is 327. The molecule has 0 atom stereocenters. The summed E-state index contributed by atoms with van der Waals surface area (Å²) in [6.07, 6.45) is 0. The molecule has 0 heterocycles. The number of benzene rings is 1. The third-order valence-electron chi connectivity index (χ3n) is 1.54. The third kappa shape index (κ3) is 2.57. The zero-order valence-corrected chi connectivity index (χ0v) is 10.3. The van der Waals surface area contributed by atoms with E-state index in [1.807, 2.05) is 0 Å². The molecule has 72 valence electrons. The molecule has 3 nitrogen and oxygen atoms in total. The van der Waals surface area contributed by atoms with Gasteiger partial charge in [-0.1, -0.05) is 0 Å². The van der Waals surface area contributed by atoms with Crippen molar-refractivity contribution in [2.45, 2.75) is 0 Å². The Morgan fingerprint density at radius 3 is 2.31 bits per heavy atom. The molecule has 1 aromatic carbocycles. The number of halogens is 1. The first kappa shape index (κ1) is 10.8. The van der Waals surface area contributed by atoms with Gasteiger partial charge >= 0.3 is 87.5 Å². The quantitative estimate of drug-likeness (QED) is 0.783. The van der Waals surface area contributed by atoms with Crippen molar-refractivity contribution < 1.29 is 12.6 Å². The van der Waals surface area contributed by atoms with E-state index in [4.69, 9.17) is 18.4 Å². The van der Waals surface area contributed by atoms with Crippen LogP contribution in [0.5, 0.6) is 11.5 Å². The SMILES string of the molecule is COc1ccc([Te](=O)Cl)cc1OC. The molecule has 0 aliphatic carbocycles. The zero-order valence-electron chi connectivity index (χ0n) is 7.24. The van der Waals surface area contributed by atoms with E-state index in [0.29, 0.717) is 15.1 Å². The van der Waals surface area contributed by atoms with E-state index in [2.05, 4.69) is 0 Å². The van der Waals surface area contributed by atoms with E-state index < -0.39 is 18.4 Å². The number of ether oxygens (including phenoxy) is 2. The summed E-state index contributed by atoms with van der Waals surface area (Å²) >= 11 is -2.80. The van der Waals surface area contributed by atoms with Gasteiger partial charge in [0.2, 0.25) is 0 Å². The second-order valence-electron chi connectivity index (χ2n) is 2.24. The van der Waals surface area contributed by atoms with Crippen LogP contribution in [0, 0.1) is 0 Å². The molecule has 1 rings (SSSR count). The summed E-state index contributed by atoms with van der Waals surface area (Å²) in [5, 5.41) is 0. The summed E-state index contributed by atoms with van der Waals surface area (Å²) in [6, 6.07) is 5.04. The number of rotatable bonds is 3. The first-order valence-electron chi connectivity index (χ1n) is 3.49. The van der Waals surface area contributed by atoms with Crippen molar-refractivity contribution >= 4 is 31.0 Å². The Morgan fingerprint density at radius 2 is 1.85 bits per heavy atom. The monoisotopic (exact) mass is 318 g/mol. The minimum atomic E-state index is -2.80. The van der Waals surface area contributed by atoms with Gasteiger partial charge in [0.1, 0.15) is 0 Å². The van der Waals surface area contributed by atoms with Crippen LogP contribution in [0.25, 0.3) is 0 Å². The van der Waals surface area contributed by atoms with E-state index in [1.54, 1.807) is 25.3 Å². The topological polar surface area (TPSA) is 35.5 Å². The first-order chi connectivity index (χ1) is 6.19. The predicted molar refractivity (Wildman–Crippen MR) is 51.5 cm³/mol. The van der Waals surface area contributed by atoms with Crippen LogP contribution in [-0.2, 0) is 3.10 Å². The van der Waals surface area contributed by atoms with E-state index in [9.17, 15) is 3.10 Å². The van der Waals surface area contributed by atoms with Gasteiger partial charge in [-0.05, 0) is 0 Å².